The molecule has 0 aliphatic carbocycles. The number of likely N-dealkylation sites (tertiary alicyclic amines) is 1. The number of aryl methyl sites for hydroxylation is 2. The molecule has 1 aromatic carbocycles. The van der Waals surface area contributed by atoms with Crippen molar-refractivity contribution in [1.29, 1.82) is 0 Å². The van der Waals surface area contributed by atoms with Crippen molar-refractivity contribution >= 4 is 22.3 Å². The molecule has 1 atom stereocenters. The van der Waals surface area contributed by atoms with E-state index in [1.165, 1.54) is 28.9 Å². The fraction of sp³-hybridized carbons (Fsp3) is 0.476. The second-order valence-corrected chi connectivity index (χ2v) is 8.67. The number of nitrogens with zero attached hydrogens (tertiary/aromatic N) is 3. The number of fused-ring (bicyclic) bond motifs is 1. The molecule has 0 amide bonds. The molecule has 0 unspecified atom stereocenters. The average molecular weight is 416 g/mol. The quantitative estimate of drug-likeness (QED) is 0.623. The number of methoxy groups -OCH3 is 1. The summed E-state index contributed by atoms with van der Waals surface area (Å²) in [4.78, 5) is 19.4. The summed E-state index contributed by atoms with van der Waals surface area (Å²) in [6.45, 7) is 5.75. The highest BCUT2D eigenvalue weighted by Gasteiger charge is 2.37. The van der Waals surface area contributed by atoms with E-state index >= 15 is 0 Å². The van der Waals surface area contributed by atoms with Crippen LogP contribution in [0.25, 0.3) is 4.96 Å². The predicted molar refractivity (Wildman–Crippen MR) is 110 cm³/mol. The van der Waals surface area contributed by atoms with Crippen molar-refractivity contribution in [1.82, 2.24) is 14.6 Å². The maximum atomic E-state index is 11.9. The van der Waals surface area contributed by atoms with Gasteiger partial charge in [0.15, 0.2) is 11.9 Å². The highest BCUT2D eigenvalue weighted by Crippen LogP contribution is 2.35. The summed E-state index contributed by atoms with van der Waals surface area (Å²) in [6, 6.07) is 8.45. The third kappa shape index (κ3) is 3.74. The van der Waals surface area contributed by atoms with Gasteiger partial charge in [0.1, 0.15) is 4.88 Å². The van der Waals surface area contributed by atoms with Gasteiger partial charge in [-0.2, -0.15) is 4.52 Å². The largest absolute Gasteiger partial charge is 0.492 e. The van der Waals surface area contributed by atoms with Crippen LogP contribution < -0.4 is 4.90 Å². The topological polar surface area (TPSA) is 81.2 Å². The number of piperidine rings is 1. The predicted octanol–water partition coefficient (Wildman–Crippen LogP) is 1.92. The molecule has 7 nitrogen and oxygen atoms in total. The maximum Gasteiger partial charge on any atom is 0.309 e. The summed E-state index contributed by atoms with van der Waals surface area (Å²) in [5, 5.41) is 15.4. The minimum atomic E-state index is -0.121. The fourth-order valence-electron chi connectivity index (χ4n) is 4.14. The van der Waals surface area contributed by atoms with Gasteiger partial charge in [0.25, 0.3) is 0 Å². The zero-order valence-corrected chi connectivity index (χ0v) is 17.8. The van der Waals surface area contributed by atoms with E-state index in [0.29, 0.717) is 0 Å². The minimum absolute atomic E-state index is 0.0206. The number of aromatic nitrogens is 3. The van der Waals surface area contributed by atoms with E-state index in [-0.39, 0.29) is 23.8 Å². The number of benzene rings is 1. The van der Waals surface area contributed by atoms with E-state index in [0.717, 1.165) is 53.6 Å². The van der Waals surface area contributed by atoms with E-state index in [4.69, 9.17) is 4.74 Å². The molecule has 4 rings (SSSR count). The maximum absolute atomic E-state index is 11.9. The number of carbonyl (C=O) groups excluding carboxylic acids is 1. The first-order valence-electron chi connectivity index (χ1n) is 10.1. The lowest BCUT2D eigenvalue weighted by Crippen LogP contribution is -3.13. The second kappa shape index (κ2) is 8.12. The summed E-state index contributed by atoms with van der Waals surface area (Å²) in [7, 11) is 1.45. The van der Waals surface area contributed by atoms with Crippen molar-refractivity contribution < 1.29 is 19.5 Å². The fourth-order valence-corrected chi connectivity index (χ4v) is 5.30. The Morgan fingerprint density at radius 3 is 2.62 bits per heavy atom. The first-order valence-corrected chi connectivity index (χ1v) is 10.9. The number of hydrogen-bond donors (Lipinski definition) is 2. The number of nitrogens with one attached hydrogen (secondary N) is 1. The molecule has 0 saturated carbocycles. The number of aromatic hydroxyl groups is 1. The highest BCUT2D eigenvalue weighted by atomic mass is 32.1. The Balaban J connectivity index is 1.70. The van der Waals surface area contributed by atoms with Crippen molar-refractivity contribution in [3.05, 3.63) is 46.1 Å². The SMILES string of the molecule is CCc1nc2sc([C@@H](c3ccc(C)cc3)[NH+]3CCC(C(=O)OC)CC3)c(O)n2n1. The monoisotopic (exact) mass is 415 g/mol. The van der Waals surface area contributed by atoms with Gasteiger partial charge in [0, 0.05) is 24.8 Å². The van der Waals surface area contributed by atoms with Crippen molar-refractivity contribution in [2.24, 2.45) is 5.92 Å². The molecule has 2 N–H and O–H groups in total. The number of esters is 1. The first kappa shape index (κ1) is 19.8. The van der Waals surface area contributed by atoms with Crippen LogP contribution >= 0.6 is 11.3 Å². The first-order chi connectivity index (χ1) is 14.0. The third-order valence-electron chi connectivity index (χ3n) is 5.80. The Labute approximate surface area is 173 Å². The number of hydrogen-bond acceptors (Lipinski definition) is 6. The Kier molecular flexibility index (Phi) is 5.56. The molecule has 1 aliphatic rings. The van der Waals surface area contributed by atoms with E-state index in [1.54, 1.807) is 4.52 Å². The summed E-state index contributed by atoms with van der Waals surface area (Å²) in [5.41, 5.74) is 2.35. The Bertz CT molecular complexity index is 1000. The zero-order valence-electron chi connectivity index (χ0n) is 17.0. The van der Waals surface area contributed by atoms with E-state index in [9.17, 15) is 9.90 Å². The molecule has 3 aromatic rings. The van der Waals surface area contributed by atoms with Crippen molar-refractivity contribution in [3.63, 3.8) is 0 Å². The van der Waals surface area contributed by atoms with Gasteiger partial charge in [-0.1, -0.05) is 48.1 Å². The number of rotatable bonds is 5. The normalized spacial score (nSPS) is 20.7. The number of quaternary nitrogens is 1. The van der Waals surface area contributed by atoms with E-state index < -0.39 is 0 Å². The van der Waals surface area contributed by atoms with Crippen LogP contribution in [-0.2, 0) is 16.0 Å². The Morgan fingerprint density at radius 1 is 1.34 bits per heavy atom. The molecule has 0 bridgehead atoms. The van der Waals surface area contributed by atoms with Crippen LogP contribution in [-0.4, -0.2) is 45.9 Å². The molecule has 8 heteroatoms. The highest BCUT2D eigenvalue weighted by molar-refractivity contribution is 7.17. The minimum Gasteiger partial charge on any atom is -0.492 e. The number of carbonyl (C=O) groups is 1. The molecule has 154 valence electrons. The molecule has 1 saturated heterocycles. The summed E-state index contributed by atoms with van der Waals surface area (Å²) in [5.74, 6) is 0.747. The summed E-state index contributed by atoms with van der Waals surface area (Å²) < 4.78 is 6.49. The third-order valence-corrected chi connectivity index (χ3v) is 6.89. The lowest BCUT2D eigenvalue weighted by Gasteiger charge is -2.33. The van der Waals surface area contributed by atoms with Gasteiger partial charge < -0.3 is 14.7 Å². The number of ether oxygens (including phenoxy) is 1. The number of thiazole rings is 1. The standard InChI is InChI=1S/C21H26N4O3S/c1-4-16-22-21-25(23-16)19(26)18(29-21)17(14-7-5-13(2)6-8-14)24-11-9-15(10-12-24)20(27)28-3/h5-8,15,17,26H,4,9-12H2,1-3H3/p+1/t17-/m1/s1. The average Bonchev–Trinajstić information content (AvgIpc) is 3.29. The second-order valence-electron chi connectivity index (χ2n) is 7.67. The van der Waals surface area contributed by atoms with Gasteiger partial charge in [-0.15, -0.1) is 5.10 Å². The van der Waals surface area contributed by atoms with Crippen molar-refractivity contribution in [2.75, 3.05) is 20.2 Å². The molecule has 3 heterocycles. The molecule has 0 spiro atoms. The van der Waals surface area contributed by atoms with Crippen LogP contribution in [0.4, 0.5) is 0 Å². The van der Waals surface area contributed by atoms with Gasteiger partial charge in [0.2, 0.25) is 10.8 Å². The molecular formula is C21H27N4O3S+. The summed E-state index contributed by atoms with van der Waals surface area (Å²) >= 11 is 1.50. The molecule has 2 aromatic heterocycles. The van der Waals surface area contributed by atoms with Crippen molar-refractivity contribution in [2.45, 2.75) is 39.2 Å². The van der Waals surface area contributed by atoms with Crippen LogP contribution in [0, 0.1) is 12.8 Å². The van der Waals surface area contributed by atoms with Crippen LogP contribution in [0.5, 0.6) is 5.88 Å². The Hall–Kier alpha value is -2.45. The van der Waals surface area contributed by atoms with Crippen LogP contribution in [0.3, 0.4) is 0 Å². The van der Waals surface area contributed by atoms with Crippen LogP contribution in [0.1, 0.15) is 47.6 Å². The van der Waals surface area contributed by atoms with Crippen LogP contribution in [0.15, 0.2) is 24.3 Å². The van der Waals surface area contributed by atoms with Crippen molar-refractivity contribution in [3.8, 4) is 5.88 Å². The molecule has 0 radical (unpaired) electrons. The molecular weight excluding hydrogens is 388 g/mol. The smallest absolute Gasteiger partial charge is 0.309 e. The Morgan fingerprint density at radius 2 is 2.03 bits per heavy atom. The molecule has 1 aliphatic heterocycles. The van der Waals surface area contributed by atoms with Gasteiger partial charge in [0.05, 0.1) is 26.1 Å². The lowest BCUT2D eigenvalue weighted by molar-refractivity contribution is -0.930. The zero-order chi connectivity index (χ0) is 20.5. The molecule has 29 heavy (non-hydrogen) atoms. The van der Waals surface area contributed by atoms with Crippen LogP contribution in [0.2, 0.25) is 0 Å². The lowest BCUT2D eigenvalue weighted by atomic mass is 9.93. The van der Waals surface area contributed by atoms with Gasteiger partial charge >= 0.3 is 5.97 Å². The van der Waals surface area contributed by atoms with Gasteiger partial charge in [-0.3, -0.25) is 4.79 Å². The van der Waals surface area contributed by atoms with Gasteiger partial charge in [-0.05, 0) is 6.92 Å². The van der Waals surface area contributed by atoms with E-state index in [2.05, 4.69) is 41.3 Å². The summed E-state index contributed by atoms with van der Waals surface area (Å²) in [6.07, 6.45) is 2.30. The molecule has 1 fully saturated rings. The van der Waals surface area contributed by atoms with E-state index in [1.807, 2.05) is 6.92 Å². The van der Waals surface area contributed by atoms with Gasteiger partial charge in [-0.25, -0.2) is 4.98 Å².